The molecule has 1 aliphatic heterocycles. The molecule has 2 aromatic carbocycles. The summed E-state index contributed by atoms with van der Waals surface area (Å²) < 4.78 is 79.9. The number of ketones is 1. The Bertz CT molecular complexity index is 1230. The monoisotopic (exact) mass is 520 g/mol. The first-order valence-electron chi connectivity index (χ1n) is 10.1. The van der Waals surface area contributed by atoms with Crippen molar-refractivity contribution in [2.75, 3.05) is 10.7 Å². The lowest BCUT2D eigenvalue weighted by Crippen LogP contribution is -2.45. The van der Waals surface area contributed by atoms with Gasteiger partial charge in [-0.05, 0) is 35.7 Å². The molecule has 0 aromatic heterocycles. The molecular formula is C22H21ClF4N2O4S. The van der Waals surface area contributed by atoms with Crippen molar-refractivity contribution < 1.29 is 35.6 Å². The van der Waals surface area contributed by atoms with Gasteiger partial charge in [-0.3, -0.25) is 9.59 Å². The lowest BCUT2D eigenvalue weighted by molar-refractivity contribution is -0.119. The molecule has 1 saturated carbocycles. The number of carbonyl (C=O) groups is 2. The zero-order chi connectivity index (χ0) is 24.1. The average molecular weight is 521 g/mol. The SMILES string of the molecule is Cl.N[C@H]1CS(=O)(=O)c2cc(F)c(C(=O)CC3CC(F)(F)C3)cc2N(Cc2ccc(F)cc2)C1=O. The molecule has 1 atom stereocenters. The zero-order valence-corrected chi connectivity index (χ0v) is 19.3. The van der Waals surface area contributed by atoms with E-state index in [1.54, 1.807) is 0 Å². The number of sulfone groups is 1. The van der Waals surface area contributed by atoms with E-state index >= 15 is 0 Å². The Balaban J connectivity index is 0.00000324. The number of Topliss-reactive ketones (excluding diaryl/α,β-unsaturated/α-hetero) is 1. The summed E-state index contributed by atoms with van der Waals surface area (Å²) in [5.74, 6) is -7.40. The Hall–Kier alpha value is -2.50. The van der Waals surface area contributed by atoms with Crippen LogP contribution in [0.3, 0.4) is 0 Å². The van der Waals surface area contributed by atoms with Gasteiger partial charge >= 0.3 is 0 Å². The van der Waals surface area contributed by atoms with Crippen LogP contribution in [0.1, 0.15) is 35.2 Å². The number of halogens is 5. The first-order valence-corrected chi connectivity index (χ1v) is 11.8. The number of benzene rings is 2. The largest absolute Gasteiger partial charge is 0.319 e. The molecule has 1 heterocycles. The second kappa shape index (κ2) is 9.27. The van der Waals surface area contributed by atoms with Crippen LogP contribution in [-0.4, -0.2) is 37.8 Å². The minimum atomic E-state index is -4.19. The fraction of sp³-hybridized carbons (Fsp3) is 0.364. The molecule has 34 heavy (non-hydrogen) atoms. The molecule has 0 saturated heterocycles. The number of anilines is 1. The van der Waals surface area contributed by atoms with Gasteiger partial charge in [0.2, 0.25) is 11.8 Å². The van der Waals surface area contributed by atoms with Crippen LogP contribution >= 0.6 is 12.4 Å². The molecule has 1 aliphatic carbocycles. The van der Waals surface area contributed by atoms with Crippen molar-refractivity contribution in [3.8, 4) is 0 Å². The molecule has 0 spiro atoms. The van der Waals surface area contributed by atoms with Gasteiger partial charge in [-0.15, -0.1) is 12.4 Å². The molecule has 0 bridgehead atoms. The number of hydrogen-bond acceptors (Lipinski definition) is 5. The van der Waals surface area contributed by atoms with Crippen LogP contribution in [0.4, 0.5) is 23.2 Å². The van der Waals surface area contributed by atoms with Gasteiger partial charge in [-0.1, -0.05) is 12.1 Å². The predicted octanol–water partition coefficient (Wildman–Crippen LogP) is 3.65. The van der Waals surface area contributed by atoms with Crippen LogP contribution in [0.15, 0.2) is 41.3 Å². The second-order valence-electron chi connectivity index (χ2n) is 8.50. The van der Waals surface area contributed by atoms with Crippen molar-refractivity contribution in [2.45, 2.75) is 42.7 Å². The van der Waals surface area contributed by atoms with E-state index in [0.717, 1.165) is 23.1 Å². The van der Waals surface area contributed by atoms with Crippen LogP contribution in [0.5, 0.6) is 0 Å². The Morgan fingerprint density at radius 2 is 1.74 bits per heavy atom. The normalized spacial score (nSPS) is 21.1. The second-order valence-corrected chi connectivity index (χ2v) is 10.5. The maximum Gasteiger partial charge on any atom is 0.248 e. The maximum atomic E-state index is 14.8. The van der Waals surface area contributed by atoms with Gasteiger partial charge < -0.3 is 10.6 Å². The highest BCUT2D eigenvalue weighted by atomic mass is 35.5. The number of carbonyl (C=O) groups excluding carboxylic acids is 2. The number of amides is 1. The van der Waals surface area contributed by atoms with Crippen LogP contribution in [-0.2, 0) is 21.2 Å². The quantitative estimate of drug-likeness (QED) is 0.479. The van der Waals surface area contributed by atoms with Gasteiger partial charge in [0.1, 0.15) is 11.6 Å². The van der Waals surface area contributed by atoms with E-state index < -0.39 is 80.1 Å². The van der Waals surface area contributed by atoms with Crippen molar-refractivity contribution in [3.05, 3.63) is 59.2 Å². The molecule has 184 valence electrons. The van der Waals surface area contributed by atoms with Gasteiger partial charge in [0.25, 0.3) is 0 Å². The Morgan fingerprint density at radius 1 is 1.12 bits per heavy atom. The molecule has 1 amide bonds. The minimum Gasteiger partial charge on any atom is -0.319 e. The van der Waals surface area contributed by atoms with Gasteiger partial charge in [-0.25, -0.2) is 26.0 Å². The maximum absolute atomic E-state index is 14.8. The Labute approximate surface area is 199 Å². The van der Waals surface area contributed by atoms with Crippen LogP contribution < -0.4 is 10.6 Å². The van der Waals surface area contributed by atoms with E-state index in [9.17, 15) is 35.6 Å². The lowest BCUT2D eigenvalue weighted by atomic mass is 9.77. The number of fused-ring (bicyclic) bond motifs is 1. The molecular weight excluding hydrogens is 500 g/mol. The summed E-state index contributed by atoms with van der Waals surface area (Å²) in [7, 11) is -4.19. The summed E-state index contributed by atoms with van der Waals surface area (Å²) in [5, 5.41) is 0. The molecule has 2 N–H and O–H groups in total. The summed E-state index contributed by atoms with van der Waals surface area (Å²) in [6, 6.07) is 5.27. The van der Waals surface area contributed by atoms with Gasteiger partial charge in [-0.2, -0.15) is 0 Å². The Morgan fingerprint density at radius 3 is 2.32 bits per heavy atom. The third-order valence-electron chi connectivity index (χ3n) is 5.86. The molecule has 2 aliphatic rings. The third kappa shape index (κ3) is 5.11. The molecule has 12 heteroatoms. The van der Waals surface area contributed by atoms with Crippen molar-refractivity contribution >= 4 is 39.6 Å². The predicted molar refractivity (Wildman–Crippen MR) is 118 cm³/mol. The first kappa shape index (κ1) is 26.1. The van der Waals surface area contributed by atoms with Crippen LogP contribution in [0.2, 0.25) is 0 Å². The van der Waals surface area contributed by atoms with Gasteiger partial charge in [0.05, 0.1) is 34.5 Å². The fourth-order valence-corrected chi connectivity index (χ4v) is 5.74. The lowest BCUT2D eigenvalue weighted by Gasteiger charge is -2.34. The Kier molecular flexibility index (Phi) is 7.12. The number of rotatable bonds is 5. The minimum absolute atomic E-state index is 0. The third-order valence-corrected chi connectivity index (χ3v) is 7.65. The van der Waals surface area contributed by atoms with Crippen LogP contribution in [0, 0.1) is 17.6 Å². The van der Waals surface area contributed by atoms with Crippen molar-refractivity contribution in [1.82, 2.24) is 0 Å². The summed E-state index contributed by atoms with van der Waals surface area (Å²) in [4.78, 5) is 26.1. The summed E-state index contributed by atoms with van der Waals surface area (Å²) in [6.45, 7) is -0.205. The highest BCUT2D eigenvalue weighted by molar-refractivity contribution is 7.91. The standard InChI is InChI=1S/C22H20F4N2O4S.ClH/c23-14-3-1-12(2-4-14)10-28-18-6-15(19(29)5-13-8-22(25,26)9-13)16(24)7-20(18)33(31,32)11-17(27)21(28)30;/h1-4,6-7,13,17H,5,8-11,27H2;1H/t17-;/m0./s1. The van der Waals surface area contributed by atoms with E-state index in [-0.39, 0.29) is 31.1 Å². The zero-order valence-electron chi connectivity index (χ0n) is 17.6. The highest BCUT2D eigenvalue weighted by Gasteiger charge is 2.46. The number of nitrogens with zero attached hydrogens (tertiary/aromatic N) is 1. The van der Waals surface area contributed by atoms with E-state index in [0.29, 0.717) is 11.6 Å². The first-order chi connectivity index (χ1) is 15.4. The summed E-state index contributed by atoms with van der Waals surface area (Å²) in [6.07, 6.45) is -1.29. The van der Waals surface area contributed by atoms with E-state index in [1.807, 2.05) is 0 Å². The molecule has 1 fully saturated rings. The van der Waals surface area contributed by atoms with E-state index in [2.05, 4.69) is 0 Å². The van der Waals surface area contributed by atoms with Crippen molar-refractivity contribution in [3.63, 3.8) is 0 Å². The fourth-order valence-electron chi connectivity index (χ4n) is 4.17. The number of hydrogen-bond donors (Lipinski definition) is 1. The van der Waals surface area contributed by atoms with Crippen molar-refractivity contribution in [2.24, 2.45) is 11.7 Å². The highest BCUT2D eigenvalue weighted by Crippen LogP contribution is 2.45. The topological polar surface area (TPSA) is 97.5 Å². The van der Waals surface area contributed by atoms with Crippen LogP contribution in [0.25, 0.3) is 0 Å². The summed E-state index contributed by atoms with van der Waals surface area (Å²) in [5.41, 5.74) is 5.50. The molecule has 0 radical (unpaired) electrons. The average Bonchev–Trinajstić information content (AvgIpc) is 2.76. The molecule has 6 nitrogen and oxygen atoms in total. The van der Waals surface area contributed by atoms with Gasteiger partial charge in [0, 0.05) is 19.3 Å². The summed E-state index contributed by atoms with van der Waals surface area (Å²) >= 11 is 0. The molecule has 4 rings (SSSR count). The molecule has 0 unspecified atom stereocenters. The number of alkyl halides is 2. The van der Waals surface area contributed by atoms with E-state index in [1.165, 1.54) is 12.1 Å². The number of nitrogens with two attached hydrogens (primary N) is 1. The molecule has 2 aromatic rings. The van der Waals surface area contributed by atoms with Gasteiger partial charge in [0.15, 0.2) is 15.6 Å². The smallest absolute Gasteiger partial charge is 0.248 e. The van der Waals surface area contributed by atoms with E-state index in [4.69, 9.17) is 5.73 Å². The van der Waals surface area contributed by atoms with Crippen molar-refractivity contribution in [1.29, 1.82) is 0 Å².